The van der Waals surface area contributed by atoms with Crippen LogP contribution in [0, 0.1) is 24.7 Å². The molecule has 1 aliphatic heterocycles. The van der Waals surface area contributed by atoms with Crippen LogP contribution < -0.4 is 56.7 Å². The summed E-state index contributed by atoms with van der Waals surface area (Å²) in [6, 6.07) is 4.35. The zero-order valence-electron chi connectivity index (χ0n) is 26.1. The van der Waals surface area contributed by atoms with Crippen molar-refractivity contribution in [2.45, 2.75) is 73.3 Å². The Morgan fingerprint density at radius 3 is 2.57 bits per heavy atom. The second-order valence-corrected chi connectivity index (χ2v) is 10.4. The zero-order valence-corrected chi connectivity index (χ0v) is 30.0. The molecule has 1 N–H and O–H groups in total. The molecule has 0 radical (unpaired) electrons. The van der Waals surface area contributed by atoms with E-state index in [0.717, 1.165) is 41.2 Å². The number of benzene rings is 1. The van der Waals surface area contributed by atoms with Crippen LogP contribution in [0.2, 0.25) is 0 Å². The van der Waals surface area contributed by atoms with Gasteiger partial charge in [0.05, 0.1) is 12.0 Å². The number of dihydropyridines is 1. The predicted octanol–water partition coefficient (Wildman–Crippen LogP) is 5.79. The summed E-state index contributed by atoms with van der Waals surface area (Å²) in [6.45, 7) is 11.9. The molecule has 42 heavy (non-hydrogen) atoms. The molecule has 1 aromatic carbocycles. The van der Waals surface area contributed by atoms with Crippen LogP contribution in [0.4, 0.5) is 19.6 Å². The van der Waals surface area contributed by atoms with E-state index in [0.29, 0.717) is 45.1 Å². The van der Waals surface area contributed by atoms with Gasteiger partial charge in [0.1, 0.15) is 17.6 Å². The smallest absolute Gasteiger partial charge is 0.495 e. The van der Waals surface area contributed by atoms with Crippen LogP contribution in [0.25, 0.3) is 10.9 Å². The SMILES string of the molecule is CC.CCC(C)=C(C)OC(=NC)c1ccc([N-]c2nc(C)c(C#CC3CC3)s2)c(C2=CC(C(F)F)NC=C2OC)c1.[K+]. The molecule has 1 fully saturated rings. The predicted molar refractivity (Wildman–Crippen MR) is 165 cm³/mol. The minimum Gasteiger partial charge on any atom is -0.495 e. The molecule has 6 nitrogen and oxygen atoms in total. The van der Waals surface area contributed by atoms with Crippen molar-refractivity contribution in [2.24, 2.45) is 10.9 Å². The first kappa shape index (κ1) is 36.2. The maximum atomic E-state index is 13.7. The van der Waals surface area contributed by atoms with Crippen LogP contribution in [-0.4, -0.2) is 37.5 Å². The zero-order chi connectivity index (χ0) is 30.1. The Morgan fingerprint density at radius 1 is 1.26 bits per heavy atom. The van der Waals surface area contributed by atoms with Gasteiger partial charge in [-0.05, 0) is 85.9 Å². The third-order valence-electron chi connectivity index (χ3n) is 6.60. The first-order valence-corrected chi connectivity index (χ1v) is 14.7. The Balaban J connectivity index is 0.00000201. The van der Waals surface area contributed by atoms with Gasteiger partial charge >= 0.3 is 51.4 Å². The summed E-state index contributed by atoms with van der Waals surface area (Å²) in [5.74, 6) is 8.59. The van der Waals surface area contributed by atoms with Crippen molar-refractivity contribution in [3.05, 3.63) is 74.6 Å². The number of hydrogen-bond donors (Lipinski definition) is 1. The molecular formula is C32H39F2KN4O2S. The number of methoxy groups -OCH3 is 1. The van der Waals surface area contributed by atoms with E-state index in [1.807, 2.05) is 52.8 Å². The number of halogens is 2. The van der Waals surface area contributed by atoms with Crippen LogP contribution >= 0.6 is 11.3 Å². The van der Waals surface area contributed by atoms with Gasteiger partial charge in [-0.2, -0.15) is 0 Å². The van der Waals surface area contributed by atoms with Crippen LogP contribution in [0.1, 0.15) is 75.6 Å². The molecular weight excluding hydrogens is 582 g/mol. The number of nitrogens with one attached hydrogen (secondary N) is 1. The molecule has 2 heterocycles. The van der Waals surface area contributed by atoms with Crippen LogP contribution in [0.15, 0.2) is 52.6 Å². The minimum atomic E-state index is -2.60. The number of rotatable bonds is 8. The number of aliphatic imine (C=N–C) groups is 1. The van der Waals surface area contributed by atoms with E-state index >= 15 is 0 Å². The summed E-state index contributed by atoms with van der Waals surface area (Å²) in [5.41, 5.74) is 4.27. The molecule has 4 rings (SSSR count). The molecule has 1 saturated carbocycles. The van der Waals surface area contributed by atoms with Crippen molar-refractivity contribution in [1.82, 2.24) is 10.3 Å². The van der Waals surface area contributed by atoms with Crippen LogP contribution in [-0.2, 0) is 9.47 Å². The Labute approximate surface area is 295 Å². The monoisotopic (exact) mass is 620 g/mol. The second kappa shape index (κ2) is 17.3. The first-order chi connectivity index (χ1) is 19.7. The third-order valence-corrected chi connectivity index (χ3v) is 7.56. The molecule has 1 aromatic heterocycles. The number of ether oxygens (including phenoxy) is 2. The first-order valence-electron chi connectivity index (χ1n) is 13.9. The van der Waals surface area contributed by atoms with E-state index in [2.05, 4.69) is 34.1 Å². The van der Waals surface area contributed by atoms with Crippen molar-refractivity contribution in [2.75, 3.05) is 14.2 Å². The Kier molecular flexibility index (Phi) is 14.9. The van der Waals surface area contributed by atoms with Crippen LogP contribution in [0.5, 0.6) is 0 Å². The second-order valence-electron chi connectivity index (χ2n) is 9.44. The molecule has 1 aliphatic carbocycles. The molecule has 2 aromatic rings. The number of aromatic nitrogens is 1. The summed E-state index contributed by atoms with van der Waals surface area (Å²) in [6.07, 6.45) is 3.48. The number of allylic oxidation sites excluding steroid dienone is 3. The van der Waals surface area contributed by atoms with Crippen molar-refractivity contribution < 1.29 is 69.6 Å². The largest absolute Gasteiger partial charge is 1.00 e. The Morgan fingerprint density at radius 2 is 1.98 bits per heavy atom. The van der Waals surface area contributed by atoms with Crippen molar-refractivity contribution in [3.8, 4) is 11.8 Å². The number of aryl methyl sites for hydroxylation is 1. The fraction of sp³-hybridized carbons (Fsp3) is 0.438. The average Bonchev–Trinajstić information content (AvgIpc) is 3.76. The summed E-state index contributed by atoms with van der Waals surface area (Å²) >= 11 is 1.42. The fourth-order valence-corrected chi connectivity index (χ4v) is 4.65. The number of alkyl halides is 2. The number of thiazole rings is 1. The van der Waals surface area contributed by atoms with Crippen molar-refractivity contribution >= 4 is 33.6 Å². The van der Waals surface area contributed by atoms with E-state index in [9.17, 15) is 8.78 Å². The Hall–Kier alpha value is -2.00. The fourth-order valence-electron chi connectivity index (χ4n) is 3.84. The van der Waals surface area contributed by atoms with E-state index in [1.165, 1.54) is 30.7 Å². The quantitative estimate of drug-likeness (QED) is 0.134. The topological polar surface area (TPSA) is 69.8 Å². The average molecular weight is 621 g/mol. The van der Waals surface area contributed by atoms with Gasteiger partial charge in [-0.15, -0.1) is 11.3 Å². The van der Waals surface area contributed by atoms with Gasteiger partial charge < -0.3 is 25.1 Å². The summed E-state index contributed by atoms with van der Waals surface area (Å²) in [4.78, 5) is 9.86. The number of nitrogens with zero attached hydrogens (tertiary/aromatic N) is 3. The van der Waals surface area contributed by atoms with Gasteiger partial charge in [0.2, 0.25) is 5.90 Å². The van der Waals surface area contributed by atoms with Crippen LogP contribution in [0.3, 0.4) is 0 Å². The Bertz CT molecular complexity index is 1420. The van der Waals surface area contributed by atoms with E-state index < -0.39 is 12.5 Å². The maximum Gasteiger partial charge on any atom is 1.00 e. The van der Waals surface area contributed by atoms with Gasteiger partial charge in [-0.25, -0.2) is 8.78 Å². The summed E-state index contributed by atoms with van der Waals surface area (Å²) < 4.78 is 39.1. The third kappa shape index (κ3) is 9.50. The van der Waals surface area contributed by atoms with E-state index in [4.69, 9.17) is 14.8 Å². The summed E-state index contributed by atoms with van der Waals surface area (Å²) in [7, 11) is 3.16. The van der Waals surface area contributed by atoms with Gasteiger partial charge in [0.25, 0.3) is 6.43 Å². The molecule has 1 unspecified atom stereocenters. The molecule has 1 atom stereocenters. The van der Waals surface area contributed by atoms with Gasteiger partial charge in [0.15, 0.2) is 0 Å². The minimum absolute atomic E-state index is 0. The van der Waals surface area contributed by atoms with Gasteiger partial charge in [-0.3, -0.25) is 4.99 Å². The molecule has 0 spiro atoms. The van der Waals surface area contributed by atoms with Gasteiger partial charge in [0, 0.05) is 30.3 Å². The number of hydrogen-bond acceptors (Lipinski definition) is 6. The standard InChI is InChI=1S/C30H33F2N4O2S.C2H6.K/c1-7-17(2)19(4)38-29(33-5)21-11-12-24(36-30-35-18(3)27(39-30)13-10-20-8-9-20)22(14-21)23-15-25(28(31)32)34-16-26(23)37-6;1-2;/h11-12,14-16,20,25,28,34H,7-9H2,1-6H3;1-2H3;/q-1;;+1. The normalized spacial score (nSPS) is 16.7. The van der Waals surface area contributed by atoms with E-state index in [1.54, 1.807) is 7.05 Å². The van der Waals surface area contributed by atoms with Crippen molar-refractivity contribution in [3.63, 3.8) is 0 Å². The van der Waals surface area contributed by atoms with Crippen molar-refractivity contribution in [1.29, 1.82) is 0 Å². The molecule has 0 amide bonds. The maximum absolute atomic E-state index is 13.7. The van der Waals surface area contributed by atoms with E-state index in [-0.39, 0.29) is 51.4 Å². The molecule has 0 saturated heterocycles. The molecule has 220 valence electrons. The molecule has 10 heteroatoms. The summed E-state index contributed by atoms with van der Waals surface area (Å²) in [5, 5.41) is 8.07. The molecule has 2 aliphatic rings. The van der Waals surface area contributed by atoms with Gasteiger partial charge in [-0.1, -0.05) is 38.7 Å². The molecule has 0 bridgehead atoms.